The number of imidazole rings is 1. The van der Waals surface area contributed by atoms with Crippen molar-refractivity contribution in [2.45, 2.75) is 13.0 Å². The van der Waals surface area contributed by atoms with Gasteiger partial charge >= 0.3 is 5.97 Å². The monoisotopic (exact) mass is 257 g/mol. The molecule has 7 nitrogen and oxygen atoms in total. The number of aromatic nitrogens is 2. The molecule has 0 fully saturated rings. The molecule has 1 N–H and O–H groups in total. The van der Waals surface area contributed by atoms with Crippen LogP contribution < -0.4 is 0 Å². The molecule has 0 spiro atoms. The number of rotatable bonds is 4. The fourth-order valence-corrected chi connectivity index (χ4v) is 1.45. The lowest BCUT2D eigenvalue weighted by molar-refractivity contribution is -0.143. The van der Waals surface area contributed by atoms with Crippen LogP contribution in [-0.4, -0.2) is 28.6 Å². The minimum Gasteiger partial charge on any atom is -0.464 e. The van der Waals surface area contributed by atoms with Crippen LogP contribution in [0.15, 0.2) is 34.5 Å². The van der Waals surface area contributed by atoms with E-state index < -0.39 is 12.0 Å². The topological polar surface area (TPSA) is 103 Å². The molecule has 0 saturated heterocycles. The van der Waals surface area contributed by atoms with E-state index in [0.29, 0.717) is 0 Å². The normalized spacial score (nSPS) is 12.4. The number of nitriles is 1. The number of fused-ring (bicyclic) bond motifs is 1. The summed E-state index contributed by atoms with van der Waals surface area (Å²) >= 11 is 0. The summed E-state index contributed by atoms with van der Waals surface area (Å²) in [4.78, 5) is 18.4. The molecule has 1 atom stereocenters. The largest absolute Gasteiger partial charge is 0.464 e. The minimum absolute atomic E-state index is 0.192. The highest BCUT2D eigenvalue weighted by atomic mass is 16.5. The summed E-state index contributed by atoms with van der Waals surface area (Å²) < 4.78 is 4.70. The van der Waals surface area contributed by atoms with Crippen molar-refractivity contribution in [2.24, 2.45) is 10.2 Å². The van der Waals surface area contributed by atoms with Crippen molar-refractivity contribution in [2.75, 3.05) is 6.61 Å². The Labute approximate surface area is 108 Å². The summed E-state index contributed by atoms with van der Waals surface area (Å²) in [7, 11) is 0. The van der Waals surface area contributed by atoms with Crippen molar-refractivity contribution < 1.29 is 9.53 Å². The van der Waals surface area contributed by atoms with Crippen LogP contribution in [0.5, 0.6) is 0 Å². The predicted octanol–water partition coefficient (Wildman–Crippen LogP) is 2.10. The second kappa shape index (κ2) is 5.73. The summed E-state index contributed by atoms with van der Waals surface area (Å²) in [5.41, 5.74) is 1.54. The van der Waals surface area contributed by atoms with Crippen LogP contribution in [-0.2, 0) is 9.53 Å². The maximum Gasteiger partial charge on any atom is 0.347 e. The second-order valence-corrected chi connectivity index (χ2v) is 3.58. The molecule has 0 aliphatic heterocycles. The van der Waals surface area contributed by atoms with Crippen molar-refractivity contribution in [3.63, 3.8) is 0 Å². The van der Waals surface area contributed by atoms with Crippen molar-refractivity contribution in [1.29, 1.82) is 5.26 Å². The molecule has 19 heavy (non-hydrogen) atoms. The number of esters is 1. The van der Waals surface area contributed by atoms with Gasteiger partial charge in [-0.05, 0) is 19.1 Å². The standard InChI is InChI=1S/C12H11N5O2/c1-2-19-11(18)10(7-13)16-17-12-14-8-5-3-4-6-9(8)15-12/h3-6,10H,2H2,1H3,(H,14,15)/t10-/m0/s1. The first-order chi connectivity index (χ1) is 9.24. The van der Waals surface area contributed by atoms with Crippen LogP contribution in [0.4, 0.5) is 5.95 Å². The number of azo groups is 1. The van der Waals surface area contributed by atoms with Gasteiger partial charge in [0.15, 0.2) is 0 Å². The molecule has 7 heteroatoms. The molecule has 0 amide bonds. The molecule has 1 aromatic heterocycles. The van der Waals surface area contributed by atoms with Gasteiger partial charge in [-0.3, -0.25) is 0 Å². The molecule has 0 radical (unpaired) electrons. The summed E-state index contributed by atoms with van der Waals surface area (Å²) in [5, 5.41) is 16.2. The third-order valence-corrected chi connectivity index (χ3v) is 2.28. The number of ether oxygens (including phenoxy) is 1. The van der Waals surface area contributed by atoms with Gasteiger partial charge in [0.25, 0.3) is 6.04 Å². The van der Waals surface area contributed by atoms with Gasteiger partial charge in [-0.25, -0.2) is 9.78 Å². The SMILES string of the molecule is CCOC(=O)[C@H](C#N)N=Nc1nc2ccccc2[nH]1. The van der Waals surface area contributed by atoms with Crippen molar-refractivity contribution in [3.05, 3.63) is 24.3 Å². The van der Waals surface area contributed by atoms with E-state index in [0.717, 1.165) is 11.0 Å². The van der Waals surface area contributed by atoms with Crippen LogP contribution in [0.1, 0.15) is 6.92 Å². The van der Waals surface area contributed by atoms with Gasteiger partial charge in [0.05, 0.1) is 17.6 Å². The van der Waals surface area contributed by atoms with E-state index in [1.165, 1.54) is 0 Å². The quantitative estimate of drug-likeness (QED) is 0.668. The molecule has 0 saturated carbocycles. The zero-order valence-corrected chi connectivity index (χ0v) is 10.2. The Kier molecular flexibility index (Phi) is 3.83. The molecule has 1 aromatic carbocycles. The number of aromatic amines is 1. The number of benzene rings is 1. The third kappa shape index (κ3) is 2.93. The Morgan fingerprint density at radius 1 is 1.58 bits per heavy atom. The number of carbonyl (C=O) groups excluding carboxylic acids is 1. The van der Waals surface area contributed by atoms with Gasteiger partial charge < -0.3 is 9.72 Å². The van der Waals surface area contributed by atoms with Crippen LogP contribution >= 0.6 is 0 Å². The molecule has 2 rings (SSSR count). The first kappa shape index (κ1) is 12.7. The number of carbonyl (C=O) groups is 1. The highest BCUT2D eigenvalue weighted by Gasteiger charge is 2.18. The Balaban J connectivity index is 2.17. The van der Waals surface area contributed by atoms with E-state index in [9.17, 15) is 4.79 Å². The van der Waals surface area contributed by atoms with Gasteiger partial charge in [0, 0.05) is 0 Å². The molecule has 0 unspecified atom stereocenters. The molecular weight excluding hydrogens is 246 g/mol. The lowest BCUT2D eigenvalue weighted by atomic mass is 10.3. The first-order valence-corrected chi connectivity index (χ1v) is 5.66. The minimum atomic E-state index is -1.27. The van der Waals surface area contributed by atoms with Crippen LogP contribution in [0.25, 0.3) is 11.0 Å². The van der Waals surface area contributed by atoms with E-state index in [4.69, 9.17) is 10.00 Å². The average Bonchev–Trinajstić information content (AvgIpc) is 2.82. The van der Waals surface area contributed by atoms with E-state index in [1.54, 1.807) is 13.0 Å². The third-order valence-electron chi connectivity index (χ3n) is 2.28. The number of hydrogen-bond donors (Lipinski definition) is 1. The Hall–Kier alpha value is -2.75. The number of hydrogen-bond acceptors (Lipinski definition) is 6. The maximum absolute atomic E-state index is 11.3. The summed E-state index contributed by atoms with van der Waals surface area (Å²) in [5.74, 6) is -0.476. The summed E-state index contributed by atoms with van der Waals surface area (Å²) in [6.45, 7) is 1.85. The average molecular weight is 257 g/mol. The molecular formula is C12H11N5O2. The van der Waals surface area contributed by atoms with E-state index in [-0.39, 0.29) is 12.6 Å². The second-order valence-electron chi connectivity index (χ2n) is 3.58. The molecule has 0 aliphatic carbocycles. The fourth-order valence-electron chi connectivity index (χ4n) is 1.45. The van der Waals surface area contributed by atoms with Crippen LogP contribution in [0, 0.1) is 11.3 Å². The highest BCUT2D eigenvalue weighted by molar-refractivity contribution is 5.79. The van der Waals surface area contributed by atoms with Gasteiger partial charge in [-0.2, -0.15) is 10.4 Å². The first-order valence-electron chi connectivity index (χ1n) is 5.66. The van der Waals surface area contributed by atoms with Gasteiger partial charge in [0.2, 0.25) is 5.95 Å². The Bertz CT molecular complexity index is 622. The highest BCUT2D eigenvalue weighted by Crippen LogP contribution is 2.16. The molecule has 2 aromatic rings. The van der Waals surface area contributed by atoms with Crippen LogP contribution in [0.2, 0.25) is 0 Å². The Morgan fingerprint density at radius 2 is 2.37 bits per heavy atom. The fraction of sp³-hybridized carbons (Fsp3) is 0.250. The van der Waals surface area contributed by atoms with Crippen molar-refractivity contribution in [3.8, 4) is 6.07 Å². The lowest BCUT2D eigenvalue weighted by Gasteiger charge is -2.00. The zero-order chi connectivity index (χ0) is 13.7. The Morgan fingerprint density at radius 3 is 3.05 bits per heavy atom. The maximum atomic E-state index is 11.3. The molecule has 0 bridgehead atoms. The number of para-hydroxylation sites is 2. The van der Waals surface area contributed by atoms with Gasteiger partial charge in [-0.1, -0.05) is 12.1 Å². The number of nitrogens with zero attached hydrogens (tertiary/aromatic N) is 4. The van der Waals surface area contributed by atoms with E-state index in [1.807, 2.05) is 24.3 Å². The van der Waals surface area contributed by atoms with Crippen molar-refractivity contribution >= 4 is 23.0 Å². The molecule has 1 heterocycles. The predicted molar refractivity (Wildman–Crippen MR) is 66.6 cm³/mol. The lowest BCUT2D eigenvalue weighted by Crippen LogP contribution is -2.19. The number of H-pyrrole nitrogens is 1. The summed E-state index contributed by atoms with van der Waals surface area (Å²) in [6.07, 6.45) is 0. The van der Waals surface area contributed by atoms with Crippen molar-refractivity contribution in [1.82, 2.24) is 9.97 Å². The molecule has 0 aliphatic rings. The molecule has 96 valence electrons. The summed E-state index contributed by atoms with van der Waals surface area (Å²) in [6, 6.07) is 7.81. The van der Waals surface area contributed by atoms with Gasteiger partial charge in [0.1, 0.15) is 6.07 Å². The van der Waals surface area contributed by atoms with E-state index in [2.05, 4.69) is 20.2 Å². The van der Waals surface area contributed by atoms with Crippen LogP contribution in [0.3, 0.4) is 0 Å². The smallest absolute Gasteiger partial charge is 0.347 e. The van der Waals surface area contributed by atoms with E-state index >= 15 is 0 Å². The zero-order valence-electron chi connectivity index (χ0n) is 10.2. The number of nitrogens with one attached hydrogen (secondary N) is 1. The van der Waals surface area contributed by atoms with Gasteiger partial charge in [-0.15, -0.1) is 5.11 Å².